The number of fused-ring (bicyclic) bond motifs is 1. The Morgan fingerprint density at radius 2 is 1.83 bits per heavy atom. The van der Waals surface area contributed by atoms with E-state index in [1.165, 1.54) is 18.9 Å². The normalized spacial score (nSPS) is 17.8. The zero-order valence-corrected chi connectivity index (χ0v) is 21.1. The lowest BCUT2D eigenvalue weighted by molar-refractivity contribution is -0.136. The van der Waals surface area contributed by atoms with E-state index in [0.29, 0.717) is 23.4 Å². The average molecular weight is 492 g/mol. The molecule has 2 atom stereocenters. The number of esters is 1. The minimum Gasteiger partial charge on any atom is -0.496 e. The predicted octanol–water partition coefficient (Wildman–Crippen LogP) is 5.10. The lowest BCUT2D eigenvalue weighted by Gasteiger charge is -2.37. The van der Waals surface area contributed by atoms with Crippen molar-refractivity contribution in [2.75, 3.05) is 14.2 Å². The number of para-hydroxylation sites is 1. The number of carbonyl (C=O) groups excluding carboxylic acids is 2. The van der Waals surface area contributed by atoms with Crippen LogP contribution in [-0.4, -0.2) is 36.2 Å². The van der Waals surface area contributed by atoms with Crippen LogP contribution >= 0.6 is 11.8 Å². The SMILES string of the molecule is CCC1=C(C(=O)OC)C(c2ccccc2OC)N2C(CC(=O)NC(C)c3ccccc3)=CSC2=N1. The second kappa shape index (κ2) is 10.8. The summed E-state index contributed by atoms with van der Waals surface area (Å²) in [5.41, 5.74) is 3.73. The molecule has 35 heavy (non-hydrogen) atoms. The van der Waals surface area contributed by atoms with Crippen molar-refractivity contribution >= 4 is 28.8 Å². The summed E-state index contributed by atoms with van der Waals surface area (Å²) in [7, 11) is 2.97. The van der Waals surface area contributed by atoms with Crippen molar-refractivity contribution < 1.29 is 19.1 Å². The van der Waals surface area contributed by atoms with Gasteiger partial charge >= 0.3 is 5.97 Å². The molecule has 0 radical (unpaired) electrons. The fourth-order valence-electron chi connectivity index (χ4n) is 4.38. The Balaban J connectivity index is 1.68. The summed E-state index contributed by atoms with van der Waals surface area (Å²) in [6.07, 6.45) is 0.711. The number of amides is 1. The number of nitrogens with one attached hydrogen (secondary N) is 1. The van der Waals surface area contributed by atoms with Gasteiger partial charge in [0.2, 0.25) is 5.91 Å². The van der Waals surface area contributed by atoms with Crippen LogP contribution in [0.2, 0.25) is 0 Å². The van der Waals surface area contributed by atoms with E-state index in [1.54, 1.807) is 7.11 Å². The molecule has 8 heteroatoms. The zero-order valence-electron chi connectivity index (χ0n) is 20.3. The number of carbonyl (C=O) groups is 2. The molecule has 0 saturated carbocycles. The molecule has 2 aliphatic heterocycles. The molecule has 1 N–H and O–H groups in total. The van der Waals surface area contributed by atoms with Crippen LogP contribution in [-0.2, 0) is 14.3 Å². The Labute approximate surface area is 209 Å². The van der Waals surface area contributed by atoms with Crippen LogP contribution in [0.3, 0.4) is 0 Å². The van der Waals surface area contributed by atoms with Gasteiger partial charge in [0.1, 0.15) is 5.75 Å². The Morgan fingerprint density at radius 3 is 2.51 bits per heavy atom. The molecular formula is C27H29N3O4S. The van der Waals surface area contributed by atoms with Crippen molar-refractivity contribution in [3.63, 3.8) is 0 Å². The summed E-state index contributed by atoms with van der Waals surface area (Å²) in [6.45, 7) is 3.92. The van der Waals surface area contributed by atoms with E-state index < -0.39 is 12.0 Å². The maximum absolute atomic E-state index is 13.1. The molecule has 0 spiro atoms. The second-order valence-corrected chi connectivity index (χ2v) is 9.05. The highest BCUT2D eigenvalue weighted by Crippen LogP contribution is 2.47. The first-order chi connectivity index (χ1) is 17.0. The number of rotatable bonds is 8. The number of allylic oxidation sites excluding steroid dienone is 1. The largest absolute Gasteiger partial charge is 0.496 e. The molecule has 2 unspecified atom stereocenters. The maximum Gasteiger partial charge on any atom is 0.338 e. The molecule has 182 valence electrons. The Kier molecular flexibility index (Phi) is 7.60. The number of benzene rings is 2. The predicted molar refractivity (Wildman–Crippen MR) is 138 cm³/mol. The summed E-state index contributed by atoms with van der Waals surface area (Å²) < 4.78 is 10.8. The number of nitrogens with zero attached hydrogens (tertiary/aromatic N) is 2. The fourth-order valence-corrected chi connectivity index (χ4v) is 5.32. The topological polar surface area (TPSA) is 80.2 Å². The molecule has 2 aliphatic rings. The van der Waals surface area contributed by atoms with Gasteiger partial charge in [0.15, 0.2) is 5.17 Å². The zero-order chi connectivity index (χ0) is 24.9. The standard InChI is InChI=1S/C27H29N3O4S/c1-5-21-24(26(32)34-4)25(20-13-9-10-14-22(20)33-3)30-19(16-35-27(30)29-21)15-23(31)28-17(2)18-11-7-6-8-12-18/h6-14,16-17,25H,5,15H2,1-4H3,(H,28,31). The van der Waals surface area contributed by atoms with Crippen LogP contribution in [0.25, 0.3) is 0 Å². The van der Waals surface area contributed by atoms with Gasteiger partial charge in [0.05, 0.1) is 44.0 Å². The molecule has 0 fully saturated rings. The third-order valence-electron chi connectivity index (χ3n) is 6.08. The Morgan fingerprint density at radius 1 is 1.11 bits per heavy atom. The van der Waals surface area contributed by atoms with Crippen molar-refractivity contribution in [1.82, 2.24) is 10.2 Å². The summed E-state index contributed by atoms with van der Waals surface area (Å²) in [5, 5.41) is 5.74. The van der Waals surface area contributed by atoms with Gasteiger partial charge in [-0.15, -0.1) is 0 Å². The lowest BCUT2D eigenvalue weighted by atomic mass is 9.92. The van der Waals surface area contributed by atoms with Gasteiger partial charge in [-0.25, -0.2) is 9.79 Å². The average Bonchev–Trinajstić information content (AvgIpc) is 3.29. The number of hydrogen-bond donors (Lipinski definition) is 1. The molecule has 4 rings (SSSR count). The second-order valence-electron chi connectivity index (χ2n) is 8.22. The van der Waals surface area contributed by atoms with Crippen LogP contribution in [0.5, 0.6) is 5.75 Å². The first-order valence-electron chi connectivity index (χ1n) is 11.5. The highest BCUT2D eigenvalue weighted by atomic mass is 32.2. The van der Waals surface area contributed by atoms with E-state index in [1.807, 2.05) is 78.8 Å². The van der Waals surface area contributed by atoms with Gasteiger partial charge in [-0.1, -0.05) is 67.2 Å². The van der Waals surface area contributed by atoms with Gasteiger partial charge in [-0.2, -0.15) is 0 Å². The van der Waals surface area contributed by atoms with Gasteiger partial charge in [0.25, 0.3) is 0 Å². The quantitative estimate of drug-likeness (QED) is 0.518. The number of thioether (sulfide) groups is 1. The monoisotopic (exact) mass is 491 g/mol. The van der Waals surface area contributed by atoms with Crippen LogP contribution < -0.4 is 10.1 Å². The van der Waals surface area contributed by atoms with E-state index in [-0.39, 0.29) is 18.4 Å². The molecule has 1 amide bonds. The number of amidine groups is 1. The Hall–Kier alpha value is -3.52. The van der Waals surface area contributed by atoms with Crippen LogP contribution in [0.4, 0.5) is 0 Å². The van der Waals surface area contributed by atoms with Gasteiger partial charge < -0.3 is 19.7 Å². The van der Waals surface area contributed by atoms with Crippen molar-refractivity contribution in [1.29, 1.82) is 0 Å². The van der Waals surface area contributed by atoms with Gasteiger partial charge in [-0.05, 0) is 30.4 Å². The number of ether oxygens (including phenoxy) is 2. The van der Waals surface area contributed by atoms with E-state index in [2.05, 4.69) is 5.32 Å². The molecular weight excluding hydrogens is 462 g/mol. The van der Waals surface area contributed by atoms with E-state index >= 15 is 0 Å². The summed E-state index contributed by atoms with van der Waals surface area (Å²) in [5.74, 6) is 0.0890. The van der Waals surface area contributed by atoms with Crippen molar-refractivity contribution in [3.8, 4) is 5.75 Å². The molecule has 0 bridgehead atoms. The molecule has 2 aromatic rings. The lowest BCUT2D eigenvalue weighted by Crippen LogP contribution is -2.38. The molecule has 0 saturated heterocycles. The van der Waals surface area contributed by atoms with E-state index in [9.17, 15) is 9.59 Å². The highest BCUT2D eigenvalue weighted by Gasteiger charge is 2.42. The number of aliphatic imine (C=N–C) groups is 1. The number of hydrogen-bond acceptors (Lipinski definition) is 7. The van der Waals surface area contributed by atoms with Crippen LogP contribution in [0.1, 0.15) is 49.9 Å². The van der Waals surface area contributed by atoms with Gasteiger partial charge in [0, 0.05) is 11.3 Å². The molecule has 0 aliphatic carbocycles. The van der Waals surface area contributed by atoms with E-state index in [4.69, 9.17) is 14.5 Å². The molecule has 7 nitrogen and oxygen atoms in total. The minimum atomic E-state index is -0.526. The highest BCUT2D eigenvalue weighted by molar-refractivity contribution is 8.16. The Bertz CT molecular complexity index is 1210. The van der Waals surface area contributed by atoms with Crippen LogP contribution in [0.15, 0.2) is 82.0 Å². The summed E-state index contributed by atoms with van der Waals surface area (Å²) in [6, 6.07) is 16.8. The minimum absolute atomic E-state index is 0.113. The maximum atomic E-state index is 13.1. The first kappa shape index (κ1) is 24.6. The summed E-state index contributed by atoms with van der Waals surface area (Å²) >= 11 is 1.45. The number of methoxy groups -OCH3 is 2. The van der Waals surface area contributed by atoms with Gasteiger partial charge in [-0.3, -0.25) is 4.79 Å². The first-order valence-corrected chi connectivity index (χ1v) is 12.4. The molecule has 2 aromatic carbocycles. The fraction of sp³-hybridized carbons (Fsp3) is 0.296. The smallest absolute Gasteiger partial charge is 0.338 e. The molecule has 2 heterocycles. The van der Waals surface area contributed by atoms with Crippen molar-refractivity contribution in [2.45, 2.75) is 38.8 Å². The van der Waals surface area contributed by atoms with E-state index in [0.717, 1.165) is 22.0 Å². The summed E-state index contributed by atoms with van der Waals surface area (Å²) in [4.78, 5) is 32.8. The third kappa shape index (κ3) is 4.98. The third-order valence-corrected chi connectivity index (χ3v) is 6.97. The van der Waals surface area contributed by atoms with Crippen LogP contribution in [0, 0.1) is 0 Å². The van der Waals surface area contributed by atoms with Crippen molar-refractivity contribution in [3.05, 3.63) is 88.1 Å². The molecule has 0 aromatic heterocycles. The van der Waals surface area contributed by atoms with Crippen molar-refractivity contribution in [2.24, 2.45) is 4.99 Å².